The molecule has 1 aromatic heterocycles. The number of amides is 1. The van der Waals surface area contributed by atoms with E-state index in [-0.39, 0.29) is 11.9 Å². The second kappa shape index (κ2) is 8.74. The van der Waals surface area contributed by atoms with Gasteiger partial charge in [-0.05, 0) is 54.8 Å². The van der Waals surface area contributed by atoms with Crippen LogP contribution >= 0.6 is 0 Å². The highest BCUT2D eigenvalue weighted by Gasteiger charge is 2.21. The van der Waals surface area contributed by atoms with Crippen LogP contribution in [0.1, 0.15) is 28.8 Å². The number of hydrogen-bond acceptors (Lipinski definition) is 3. The van der Waals surface area contributed by atoms with Crippen LogP contribution in [0.25, 0.3) is 16.7 Å². The van der Waals surface area contributed by atoms with E-state index < -0.39 is 0 Å². The molecule has 2 heterocycles. The summed E-state index contributed by atoms with van der Waals surface area (Å²) in [4.78, 5) is 19.7. The monoisotopic (exact) mass is 410 g/mol. The summed E-state index contributed by atoms with van der Waals surface area (Å²) in [5.41, 5.74) is 5.06. The van der Waals surface area contributed by atoms with E-state index in [2.05, 4.69) is 45.5 Å². The Morgan fingerprint density at radius 2 is 1.61 bits per heavy atom. The average molecular weight is 411 g/mol. The number of rotatable bonds is 5. The van der Waals surface area contributed by atoms with E-state index in [9.17, 15) is 4.79 Å². The minimum Gasteiger partial charge on any atom is -0.349 e. The maximum Gasteiger partial charge on any atom is 0.251 e. The van der Waals surface area contributed by atoms with Crippen molar-refractivity contribution in [2.45, 2.75) is 25.4 Å². The number of nitrogens with one attached hydrogen (secondary N) is 1. The van der Waals surface area contributed by atoms with Gasteiger partial charge in [0.25, 0.3) is 5.91 Å². The lowest BCUT2D eigenvalue weighted by molar-refractivity contribution is 0.0909. The molecule has 0 bridgehead atoms. The highest BCUT2D eigenvalue weighted by molar-refractivity contribution is 5.94. The maximum absolute atomic E-state index is 12.8. The predicted molar refractivity (Wildman–Crippen MR) is 123 cm³/mol. The molecule has 0 saturated carbocycles. The molecule has 0 aliphatic carbocycles. The lowest BCUT2D eigenvalue weighted by Crippen LogP contribution is -2.44. The Morgan fingerprint density at radius 1 is 0.903 bits per heavy atom. The van der Waals surface area contributed by atoms with Crippen molar-refractivity contribution in [1.29, 1.82) is 0 Å². The van der Waals surface area contributed by atoms with Gasteiger partial charge < -0.3 is 5.32 Å². The molecule has 1 amide bonds. The number of piperidine rings is 1. The molecule has 5 heteroatoms. The van der Waals surface area contributed by atoms with Crippen LogP contribution in [-0.2, 0) is 6.54 Å². The third-order valence-corrected chi connectivity index (χ3v) is 6.03. The maximum atomic E-state index is 12.8. The van der Waals surface area contributed by atoms with Crippen molar-refractivity contribution in [2.24, 2.45) is 0 Å². The first-order valence-corrected chi connectivity index (χ1v) is 10.9. The first-order chi connectivity index (χ1) is 15.3. The molecule has 1 N–H and O–H groups in total. The molecule has 1 saturated heterocycles. The van der Waals surface area contributed by atoms with E-state index in [0.717, 1.165) is 49.2 Å². The fraction of sp³-hybridized carbons (Fsp3) is 0.231. The van der Waals surface area contributed by atoms with E-state index >= 15 is 0 Å². The summed E-state index contributed by atoms with van der Waals surface area (Å²) in [6.45, 7) is 2.99. The minimum absolute atomic E-state index is 0.00329. The minimum atomic E-state index is 0.00329. The zero-order chi connectivity index (χ0) is 21.0. The summed E-state index contributed by atoms with van der Waals surface area (Å²) in [7, 11) is 0. The van der Waals surface area contributed by atoms with Gasteiger partial charge in [-0.3, -0.25) is 14.3 Å². The van der Waals surface area contributed by atoms with Crippen LogP contribution in [0.15, 0.2) is 85.2 Å². The van der Waals surface area contributed by atoms with Gasteiger partial charge in [-0.25, -0.2) is 4.98 Å². The highest BCUT2D eigenvalue weighted by Crippen LogP contribution is 2.19. The molecule has 5 nitrogen and oxygen atoms in total. The quantitative estimate of drug-likeness (QED) is 0.530. The Labute approximate surface area is 182 Å². The zero-order valence-corrected chi connectivity index (χ0v) is 17.4. The van der Waals surface area contributed by atoms with Crippen molar-refractivity contribution in [3.8, 4) is 5.69 Å². The Hall–Kier alpha value is -3.44. The number of aromatic nitrogens is 2. The molecule has 4 aromatic rings. The number of benzene rings is 3. The number of fused-ring (bicyclic) bond motifs is 1. The van der Waals surface area contributed by atoms with E-state index in [1.165, 1.54) is 5.56 Å². The Bertz CT molecular complexity index is 1160. The Morgan fingerprint density at radius 3 is 2.39 bits per heavy atom. The van der Waals surface area contributed by atoms with Crippen molar-refractivity contribution >= 4 is 16.9 Å². The smallest absolute Gasteiger partial charge is 0.251 e. The number of imidazole rings is 1. The van der Waals surface area contributed by atoms with Crippen LogP contribution in [0, 0.1) is 0 Å². The molecule has 0 unspecified atom stereocenters. The summed E-state index contributed by atoms with van der Waals surface area (Å²) in [5, 5.41) is 3.22. The first-order valence-electron chi connectivity index (χ1n) is 10.9. The Kier molecular flexibility index (Phi) is 5.50. The van der Waals surface area contributed by atoms with Gasteiger partial charge in [0, 0.05) is 36.9 Å². The van der Waals surface area contributed by atoms with Crippen molar-refractivity contribution in [2.75, 3.05) is 13.1 Å². The molecule has 0 spiro atoms. The Balaban J connectivity index is 1.18. The molecule has 31 heavy (non-hydrogen) atoms. The molecule has 1 aliphatic heterocycles. The summed E-state index contributed by atoms with van der Waals surface area (Å²) in [6.07, 6.45) is 3.79. The molecular weight excluding hydrogens is 384 g/mol. The fourth-order valence-electron chi connectivity index (χ4n) is 4.28. The van der Waals surface area contributed by atoms with Crippen LogP contribution < -0.4 is 5.32 Å². The summed E-state index contributed by atoms with van der Waals surface area (Å²) in [6, 6.07) is 26.6. The lowest BCUT2D eigenvalue weighted by atomic mass is 10.0. The van der Waals surface area contributed by atoms with Gasteiger partial charge in [-0.15, -0.1) is 0 Å². The van der Waals surface area contributed by atoms with Crippen LogP contribution in [-0.4, -0.2) is 39.5 Å². The largest absolute Gasteiger partial charge is 0.349 e. The predicted octanol–water partition coefficient (Wildman–Crippen LogP) is 4.42. The van der Waals surface area contributed by atoms with Gasteiger partial charge in [0.15, 0.2) is 0 Å². The van der Waals surface area contributed by atoms with E-state index in [4.69, 9.17) is 0 Å². The molecule has 1 aliphatic rings. The van der Waals surface area contributed by atoms with Gasteiger partial charge in [-0.2, -0.15) is 0 Å². The highest BCUT2D eigenvalue weighted by atomic mass is 16.1. The second-order valence-corrected chi connectivity index (χ2v) is 8.16. The van der Waals surface area contributed by atoms with Crippen molar-refractivity contribution in [3.05, 3.63) is 96.3 Å². The fourth-order valence-corrected chi connectivity index (χ4v) is 4.28. The third-order valence-electron chi connectivity index (χ3n) is 6.03. The summed E-state index contributed by atoms with van der Waals surface area (Å²) >= 11 is 0. The van der Waals surface area contributed by atoms with Crippen LogP contribution in [0.5, 0.6) is 0 Å². The molecule has 156 valence electrons. The van der Waals surface area contributed by atoms with Crippen molar-refractivity contribution in [1.82, 2.24) is 19.8 Å². The number of para-hydroxylation sites is 2. The number of nitrogens with zero attached hydrogens (tertiary/aromatic N) is 3. The molecular formula is C26H26N4O. The van der Waals surface area contributed by atoms with Gasteiger partial charge in [0.05, 0.1) is 11.0 Å². The number of likely N-dealkylation sites (tertiary alicyclic amines) is 1. The number of hydrogen-bond donors (Lipinski definition) is 1. The van der Waals surface area contributed by atoms with Gasteiger partial charge in [-0.1, -0.05) is 42.5 Å². The second-order valence-electron chi connectivity index (χ2n) is 8.16. The standard InChI is InChI=1S/C26H26N4O/c31-26(28-22-14-16-29(17-15-22)18-20-6-2-1-3-7-20)21-10-12-23(13-11-21)30-19-27-24-8-4-5-9-25(24)30/h1-13,19,22H,14-18H2,(H,28,31). The van der Waals surface area contributed by atoms with E-state index in [0.29, 0.717) is 5.56 Å². The topological polar surface area (TPSA) is 50.2 Å². The molecule has 0 radical (unpaired) electrons. The SMILES string of the molecule is O=C(NC1CCN(Cc2ccccc2)CC1)c1ccc(-n2cnc3ccccc32)cc1. The van der Waals surface area contributed by atoms with Crippen LogP contribution in [0.3, 0.4) is 0 Å². The first kappa shape index (κ1) is 19.5. The van der Waals surface area contributed by atoms with Gasteiger partial charge in [0.2, 0.25) is 0 Å². The van der Waals surface area contributed by atoms with E-state index in [1.807, 2.05) is 59.4 Å². The molecule has 3 aromatic carbocycles. The average Bonchev–Trinajstić information content (AvgIpc) is 3.25. The van der Waals surface area contributed by atoms with Crippen molar-refractivity contribution in [3.63, 3.8) is 0 Å². The lowest BCUT2D eigenvalue weighted by Gasteiger charge is -2.32. The molecule has 5 rings (SSSR count). The molecule has 0 atom stereocenters. The number of carbonyl (C=O) groups excluding carboxylic acids is 1. The van der Waals surface area contributed by atoms with Crippen molar-refractivity contribution < 1.29 is 4.79 Å². The van der Waals surface area contributed by atoms with E-state index in [1.54, 1.807) is 0 Å². The van der Waals surface area contributed by atoms with Gasteiger partial charge in [0.1, 0.15) is 6.33 Å². The third kappa shape index (κ3) is 4.37. The number of carbonyl (C=O) groups is 1. The van der Waals surface area contributed by atoms with Crippen LogP contribution in [0.4, 0.5) is 0 Å². The zero-order valence-electron chi connectivity index (χ0n) is 17.4. The van der Waals surface area contributed by atoms with Crippen LogP contribution in [0.2, 0.25) is 0 Å². The molecule has 1 fully saturated rings. The van der Waals surface area contributed by atoms with Gasteiger partial charge >= 0.3 is 0 Å². The summed E-state index contributed by atoms with van der Waals surface area (Å²) in [5.74, 6) is 0.00329. The normalized spacial score (nSPS) is 15.2. The summed E-state index contributed by atoms with van der Waals surface area (Å²) < 4.78 is 2.04.